The van der Waals surface area contributed by atoms with Crippen LogP contribution in [0.15, 0.2) is 0 Å². The maximum Gasteiger partial charge on any atom is 0.0416 e. The molecule has 0 aromatic heterocycles. The fraction of sp³-hybridized carbons (Fsp3) is 1.00. The van der Waals surface area contributed by atoms with Crippen molar-refractivity contribution in [2.45, 2.75) is 19.8 Å². The summed E-state index contributed by atoms with van der Waals surface area (Å²) in [6, 6.07) is 0. The molecule has 0 radical (unpaired) electrons. The lowest BCUT2D eigenvalue weighted by Crippen LogP contribution is -2.19. The van der Waals surface area contributed by atoms with Crippen LogP contribution in [0.1, 0.15) is 19.8 Å². The SMILES string of the molecule is CCCCNS(C)(O)O. The van der Waals surface area contributed by atoms with E-state index in [1.54, 1.807) is 0 Å². The minimum atomic E-state index is -2.45. The van der Waals surface area contributed by atoms with E-state index in [0.29, 0.717) is 6.54 Å². The Bertz CT molecular complexity index is 71.8. The van der Waals surface area contributed by atoms with Gasteiger partial charge in [-0.25, -0.2) is 4.72 Å². The van der Waals surface area contributed by atoms with Crippen molar-refractivity contribution in [3.63, 3.8) is 0 Å². The van der Waals surface area contributed by atoms with Gasteiger partial charge in [0.2, 0.25) is 0 Å². The van der Waals surface area contributed by atoms with Gasteiger partial charge in [-0.1, -0.05) is 13.3 Å². The van der Waals surface area contributed by atoms with Crippen molar-refractivity contribution in [1.29, 1.82) is 0 Å². The van der Waals surface area contributed by atoms with Crippen molar-refractivity contribution in [2.24, 2.45) is 0 Å². The normalized spacial score (nSPS) is 13.8. The molecule has 0 aliphatic rings. The molecule has 0 rings (SSSR count). The van der Waals surface area contributed by atoms with Crippen LogP contribution >= 0.6 is 10.8 Å². The highest BCUT2D eigenvalue weighted by Gasteiger charge is 1.98. The minimum absolute atomic E-state index is 0.690. The molecule has 3 N–H and O–H groups in total. The van der Waals surface area contributed by atoms with Crippen LogP contribution in [0.3, 0.4) is 0 Å². The van der Waals surface area contributed by atoms with E-state index in [-0.39, 0.29) is 0 Å². The summed E-state index contributed by atoms with van der Waals surface area (Å²) in [5.41, 5.74) is 0. The molecule has 0 bridgehead atoms. The molecule has 3 nitrogen and oxygen atoms in total. The van der Waals surface area contributed by atoms with E-state index < -0.39 is 10.8 Å². The van der Waals surface area contributed by atoms with Crippen molar-refractivity contribution in [3.8, 4) is 0 Å². The van der Waals surface area contributed by atoms with Gasteiger partial charge in [0, 0.05) is 12.8 Å². The van der Waals surface area contributed by atoms with Gasteiger partial charge in [-0.2, -0.15) is 0 Å². The summed E-state index contributed by atoms with van der Waals surface area (Å²) >= 11 is 0. The fourth-order valence-electron chi connectivity index (χ4n) is 0.442. The van der Waals surface area contributed by atoms with Crippen molar-refractivity contribution in [3.05, 3.63) is 0 Å². The molecular formula is C5H15NO2S. The molecule has 4 heteroatoms. The molecule has 0 aliphatic heterocycles. The van der Waals surface area contributed by atoms with E-state index in [2.05, 4.69) is 11.6 Å². The van der Waals surface area contributed by atoms with Gasteiger partial charge >= 0.3 is 0 Å². The Kier molecular flexibility index (Phi) is 4.22. The third-order valence-corrected chi connectivity index (χ3v) is 1.66. The Morgan fingerprint density at radius 2 is 2.00 bits per heavy atom. The largest absolute Gasteiger partial charge is 0.286 e. The zero-order valence-electron chi connectivity index (χ0n) is 5.92. The molecule has 0 saturated carbocycles. The topological polar surface area (TPSA) is 52.5 Å². The van der Waals surface area contributed by atoms with E-state index in [9.17, 15) is 0 Å². The molecule has 0 atom stereocenters. The third-order valence-electron chi connectivity index (χ3n) is 0.906. The van der Waals surface area contributed by atoms with E-state index in [4.69, 9.17) is 9.11 Å². The van der Waals surface area contributed by atoms with E-state index in [0.717, 1.165) is 12.8 Å². The van der Waals surface area contributed by atoms with Gasteiger partial charge in [-0.3, -0.25) is 9.11 Å². The predicted molar refractivity (Wildman–Crippen MR) is 41.7 cm³/mol. The molecule has 0 aromatic carbocycles. The van der Waals surface area contributed by atoms with Gasteiger partial charge in [-0.15, -0.1) is 10.8 Å². The second-order valence-electron chi connectivity index (χ2n) is 2.08. The summed E-state index contributed by atoms with van der Waals surface area (Å²) in [4.78, 5) is 0. The quantitative estimate of drug-likeness (QED) is 0.538. The Balaban J connectivity index is 3.07. The Hall–Kier alpha value is 0.230. The first-order valence-corrected chi connectivity index (χ1v) is 4.99. The van der Waals surface area contributed by atoms with Crippen LogP contribution in [-0.2, 0) is 0 Å². The molecular weight excluding hydrogens is 138 g/mol. The predicted octanol–water partition coefficient (Wildman–Crippen LogP) is 1.67. The Morgan fingerprint density at radius 3 is 2.33 bits per heavy atom. The second-order valence-corrected chi connectivity index (χ2v) is 4.04. The summed E-state index contributed by atoms with van der Waals surface area (Å²) in [6.45, 7) is 2.75. The number of hydrogen-bond donors (Lipinski definition) is 3. The van der Waals surface area contributed by atoms with Crippen LogP contribution in [0.5, 0.6) is 0 Å². The van der Waals surface area contributed by atoms with Crippen LogP contribution in [0.4, 0.5) is 0 Å². The van der Waals surface area contributed by atoms with Crippen LogP contribution in [0.2, 0.25) is 0 Å². The van der Waals surface area contributed by atoms with Gasteiger partial charge in [0.05, 0.1) is 0 Å². The summed E-state index contributed by atoms with van der Waals surface area (Å²) in [5.74, 6) is 0. The number of rotatable bonds is 4. The summed E-state index contributed by atoms with van der Waals surface area (Å²) in [7, 11) is -2.45. The lowest BCUT2D eigenvalue weighted by Gasteiger charge is -2.27. The molecule has 9 heavy (non-hydrogen) atoms. The fourth-order valence-corrected chi connectivity index (χ4v) is 0.973. The molecule has 58 valence electrons. The third kappa shape index (κ3) is 8.23. The molecule has 0 amide bonds. The van der Waals surface area contributed by atoms with Gasteiger partial charge in [0.15, 0.2) is 0 Å². The van der Waals surface area contributed by atoms with Crippen molar-refractivity contribution < 1.29 is 9.11 Å². The lowest BCUT2D eigenvalue weighted by molar-refractivity contribution is 0.476. The summed E-state index contributed by atoms with van der Waals surface area (Å²) in [5, 5.41) is 0. The highest BCUT2D eigenvalue weighted by atomic mass is 32.3. The minimum Gasteiger partial charge on any atom is -0.286 e. The standard InChI is InChI=1S/C5H15NO2S/c1-3-4-5-6-9(2,7)8/h6-8H,3-5H2,1-2H3. The lowest BCUT2D eigenvalue weighted by atomic mass is 10.3. The zero-order chi connectivity index (χ0) is 7.33. The van der Waals surface area contributed by atoms with Crippen LogP contribution in [0, 0.1) is 0 Å². The van der Waals surface area contributed by atoms with Gasteiger partial charge in [-0.05, 0) is 6.42 Å². The monoisotopic (exact) mass is 153 g/mol. The molecule has 0 heterocycles. The first-order valence-electron chi connectivity index (χ1n) is 3.04. The zero-order valence-corrected chi connectivity index (χ0v) is 6.74. The first kappa shape index (κ1) is 9.23. The van der Waals surface area contributed by atoms with Crippen molar-refractivity contribution >= 4 is 10.8 Å². The molecule has 0 spiro atoms. The molecule has 0 aromatic rings. The van der Waals surface area contributed by atoms with Gasteiger partial charge < -0.3 is 0 Å². The second kappa shape index (κ2) is 4.11. The van der Waals surface area contributed by atoms with Crippen molar-refractivity contribution in [2.75, 3.05) is 12.8 Å². The molecule has 0 aliphatic carbocycles. The highest BCUT2D eigenvalue weighted by molar-refractivity contribution is 8.22. The summed E-state index contributed by atoms with van der Waals surface area (Å²) < 4.78 is 20.2. The van der Waals surface area contributed by atoms with Crippen LogP contribution in [0.25, 0.3) is 0 Å². The molecule has 0 saturated heterocycles. The smallest absolute Gasteiger partial charge is 0.0416 e. The number of hydrogen-bond acceptors (Lipinski definition) is 3. The molecule has 0 unspecified atom stereocenters. The maximum absolute atomic E-state index is 8.77. The highest BCUT2D eigenvalue weighted by Crippen LogP contribution is 2.26. The number of unbranched alkanes of at least 4 members (excludes halogenated alkanes) is 1. The van der Waals surface area contributed by atoms with Crippen LogP contribution < -0.4 is 4.72 Å². The maximum atomic E-state index is 8.77. The average molecular weight is 153 g/mol. The molecule has 0 fully saturated rings. The van der Waals surface area contributed by atoms with E-state index >= 15 is 0 Å². The van der Waals surface area contributed by atoms with Gasteiger partial charge in [0.1, 0.15) is 0 Å². The Morgan fingerprint density at radius 1 is 1.44 bits per heavy atom. The average Bonchev–Trinajstić information content (AvgIpc) is 1.63. The van der Waals surface area contributed by atoms with Crippen molar-refractivity contribution in [1.82, 2.24) is 4.72 Å². The Labute approximate surface area is 57.9 Å². The van der Waals surface area contributed by atoms with E-state index in [1.807, 2.05) is 0 Å². The number of nitrogens with one attached hydrogen (secondary N) is 1. The first-order chi connectivity index (χ1) is 4.06. The van der Waals surface area contributed by atoms with Gasteiger partial charge in [0.25, 0.3) is 0 Å². The van der Waals surface area contributed by atoms with Crippen LogP contribution in [-0.4, -0.2) is 21.9 Å². The summed E-state index contributed by atoms with van der Waals surface area (Å²) in [6.07, 6.45) is 3.45. The van der Waals surface area contributed by atoms with E-state index in [1.165, 1.54) is 6.26 Å².